The van der Waals surface area contributed by atoms with Gasteiger partial charge in [-0.1, -0.05) is 84.9 Å². The molecule has 47 heavy (non-hydrogen) atoms. The summed E-state index contributed by atoms with van der Waals surface area (Å²) < 4.78 is 0. The number of thioether (sulfide) groups is 1. The van der Waals surface area contributed by atoms with Crippen molar-refractivity contribution in [3.05, 3.63) is 172 Å². The largest absolute Gasteiger partial charge is 0.325 e. The lowest BCUT2D eigenvalue weighted by atomic mass is 10.1. The van der Waals surface area contributed by atoms with Crippen LogP contribution in [0.1, 0.15) is 32.3 Å². The summed E-state index contributed by atoms with van der Waals surface area (Å²) in [6.45, 7) is 1.92. The molecular formula is C37H30N4O5S. The maximum Gasteiger partial charge on any atom is 0.276 e. The maximum atomic E-state index is 13.6. The van der Waals surface area contributed by atoms with Crippen molar-refractivity contribution in [2.45, 2.75) is 17.1 Å². The van der Waals surface area contributed by atoms with Gasteiger partial charge in [0.05, 0.1) is 10.5 Å². The van der Waals surface area contributed by atoms with Crippen molar-refractivity contribution in [2.75, 3.05) is 10.6 Å². The Morgan fingerprint density at radius 1 is 0.766 bits per heavy atom. The zero-order valence-electron chi connectivity index (χ0n) is 25.3. The van der Waals surface area contributed by atoms with Crippen LogP contribution in [-0.2, 0) is 9.59 Å². The lowest BCUT2D eigenvalue weighted by Gasteiger charge is -2.18. The Labute approximate surface area is 275 Å². The number of carbonyl (C=O) groups is 3. The predicted molar refractivity (Wildman–Crippen MR) is 185 cm³/mol. The molecule has 0 aliphatic rings. The van der Waals surface area contributed by atoms with E-state index in [2.05, 4.69) is 16.0 Å². The van der Waals surface area contributed by atoms with Gasteiger partial charge < -0.3 is 16.0 Å². The minimum absolute atomic E-state index is 0.144. The van der Waals surface area contributed by atoms with E-state index in [0.29, 0.717) is 16.1 Å². The first-order valence-electron chi connectivity index (χ1n) is 14.6. The van der Waals surface area contributed by atoms with Gasteiger partial charge in [0, 0.05) is 27.9 Å². The molecule has 0 radical (unpaired) electrons. The van der Waals surface area contributed by atoms with Crippen LogP contribution >= 0.6 is 11.8 Å². The van der Waals surface area contributed by atoms with Crippen LogP contribution in [0, 0.1) is 17.0 Å². The van der Waals surface area contributed by atoms with E-state index in [9.17, 15) is 24.5 Å². The summed E-state index contributed by atoms with van der Waals surface area (Å²) in [7, 11) is 0. The number of carbonyl (C=O) groups excluding carboxylic acids is 3. The van der Waals surface area contributed by atoms with Crippen molar-refractivity contribution in [1.29, 1.82) is 0 Å². The Morgan fingerprint density at radius 3 is 2.15 bits per heavy atom. The van der Waals surface area contributed by atoms with Crippen LogP contribution in [-0.4, -0.2) is 22.6 Å². The number of nitro benzene ring substituents is 1. The lowest BCUT2D eigenvalue weighted by molar-refractivity contribution is -0.385. The van der Waals surface area contributed by atoms with Gasteiger partial charge in [0.15, 0.2) is 0 Å². The maximum absolute atomic E-state index is 13.6. The van der Waals surface area contributed by atoms with Crippen molar-refractivity contribution in [3.63, 3.8) is 0 Å². The quantitative estimate of drug-likeness (QED) is 0.0584. The van der Waals surface area contributed by atoms with Crippen LogP contribution in [0.4, 0.5) is 17.1 Å². The third kappa shape index (κ3) is 8.59. The molecule has 0 saturated carbocycles. The van der Waals surface area contributed by atoms with Crippen LogP contribution < -0.4 is 16.0 Å². The Balaban J connectivity index is 1.41. The summed E-state index contributed by atoms with van der Waals surface area (Å²) in [5, 5.41) is 19.5. The number of nitro groups is 1. The number of para-hydroxylation sites is 2. The number of rotatable bonds is 11. The minimum Gasteiger partial charge on any atom is -0.325 e. The molecule has 0 spiro atoms. The first kappa shape index (κ1) is 32.4. The molecule has 3 amide bonds. The Kier molecular flexibility index (Phi) is 10.6. The number of anilines is 2. The molecule has 1 atom stereocenters. The zero-order valence-corrected chi connectivity index (χ0v) is 26.1. The number of aryl methyl sites for hydroxylation is 1. The number of nitrogens with one attached hydrogen (secondary N) is 3. The molecule has 0 bridgehead atoms. The van der Waals surface area contributed by atoms with E-state index >= 15 is 0 Å². The number of amides is 3. The molecule has 0 saturated heterocycles. The highest BCUT2D eigenvalue weighted by molar-refractivity contribution is 8.00. The second-order valence-electron chi connectivity index (χ2n) is 10.4. The van der Waals surface area contributed by atoms with Gasteiger partial charge in [-0.15, -0.1) is 11.8 Å². The van der Waals surface area contributed by atoms with Crippen molar-refractivity contribution < 1.29 is 19.3 Å². The molecule has 5 rings (SSSR count). The van der Waals surface area contributed by atoms with Gasteiger partial charge >= 0.3 is 0 Å². The molecule has 5 aromatic carbocycles. The van der Waals surface area contributed by atoms with E-state index in [0.717, 1.165) is 16.8 Å². The molecule has 0 aliphatic carbocycles. The van der Waals surface area contributed by atoms with Gasteiger partial charge in [-0.2, -0.15) is 0 Å². The first-order chi connectivity index (χ1) is 22.8. The predicted octanol–water partition coefficient (Wildman–Crippen LogP) is 7.78. The smallest absolute Gasteiger partial charge is 0.276 e. The topological polar surface area (TPSA) is 130 Å². The molecule has 3 N–H and O–H groups in total. The second kappa shape index (κ2) is 15.3. The van der Waals surface area contributed by atoms with E-state index in [1.165, 1.54) is 36.0 Å². The van der Waals surface area contributed by atoms with Gasteiger partial charge in [0.25, 0.3) is 17.5 Å². The van der Waals surface area contributed by atoms with Crippen LogP contribution in [0.15, 0.2) is 144 Å². The van der Waals surface area contributed by atoms with Gasteiger partial charge in [-0.3, -0.25) is 24.5 Å². The highest BCUT2D eigenvalue weighted by Crippen LogP contribution is 2.37. The molecule has 0 fully saturated rings. The fourth-order valence-corrected chi connectivity index (χ4v) is 5.75. The van der Waals surface area contributed by atoms with E-state index < -0.39 is 22.0 Å². The zero-order chi connectivity index (χ0) is 33.2. The monoisotopic (exact) mass is 642 g/mol. The van der Waals surface area contributed by atoms with Gasteiger partial charge in [-0.25, -0.2) is 0 Å². The van der Waals surface area contributed by atoms with Gasteiger partial charge in [-0.05, 0) is 66.6 Å². The SMILES string of the molecule is Cc1ccccc1NC(=O)C(Sc1cccc(NC(=O)/C(=C\c2ccccc2[N+](=O)[O-])NC(=O)c2ccccc2)c1)c1ccccc1. The molecule has 0 aromatic heterocycles. The molecule has 0 aliphatic heterocycles. The number of benzene rings is 5. The van der Waals surface area contributed by atoms with E-state index in [1.807, 2.05) is 67.6 Å². The number of hydrogen-bond donors (Lipinski definition) is 3. The standard InChI is InChI=1S/C37H30N4O5S/c1-25-13-8-10-21-31(25)39-37(44)34(26-14-4-2-5-15-26)47-30-20-12-19-29(24-30)38-36(43)32(40-35(42)27-16-6-3-7-17-27)23-28-18-9-11-22-33(28)41(45)46/h2-24,34H,1H3,(H,38,43)(H,39,44)(H,40,42)/b32-23+. The number of hydrogen-bond acceptors (Lipinski definition) is 6. The summed E-state index contributed by atoms with van der Waals surface area (Å²) in [6.07, 6.45) is 1.27. The van der Waals surface area contributed by atoms with Gasteiger partial charge in [0.2, 0.25) is 5.91 Å². The fourth-order valence-electron chi connectivity index (χ4n) is 4.67. The highest BCUT2D eigenvalue weighted by atomic mass is 32.2. The second-order valence-corrected chi connectivity index (χ2v) is 11.6. The van der Waals surface area contributed by atoms with Crippen LogP contribution in [0.25, 0.3) is 6.08 Å². The highest BCUT2D eigenvalue weighted by Gasteiger charge is 2.23. The number of nitrogens with zero attached hydrogens (tertiary/aromatic N) is 1. The molecule has 234 valence electrons. The van der Waals surface area contributed by atoms with E-state index in [1.54, 1.807) is 54.6 Å². The van der Waals surface area contributed by atoms with Gasteiger partial charge in [0.1, 0.15) is 10.9 Å². The molecule has 5 aromatic rings. The molecule has 9 nitrogen and oxygen atoms in total. The van der Waals surface area contributed by atoms with E-state index in [-0.39, 0.29) is 22.9 Å². The van der Waals surface area contributed by atoms with Crippen molar-refractivity contribution in [3.8, 4) is 0 Å². The van der Waals surface area contributed by atoms with Crippen LogP contribution in [0.5, 0.6) is 0 Å². The lowest BCUT2D eigenvalue weighted by Crippen LogP contribution is -2.30. The average molecular weight is 643 g/mol. The molecule has 0 heterocycles. The molecular weight excluding hydrogens is 612 g/mol. The fraction of sp³-hybridized carbons (Fsp3) is 0.0541. The summed E-state index contributed by atoms with van der Waals surface area (Å²) in [5.41, 5.74) is 2.90. The minimum atomic E-state index is -0.688. The van der Waals surface area contributed by atoms with Crippen molar-refractivity contribution >= 4 is 52.6 Å². The summed E-state index contributed by atoms with van der Waals surface area (Å²) >= 11 is 1.32. The summed E-state index contributed by atoms with van der Waals surface area (Å²) in [5.74, 6) is -1.45. The molecule has 1 unspecified atom stereocenters. The van der Waals surface area contributed by atoms with Crippen LogP contribution in [0.3, 0.4) is 0 Å². The van der Waals surface area contributed by atoms with E-state index in [4.69, 9.17) is 0 Å². The average Bonchev–Trinajstić information content (AvgIpc) is 3.09. The van der Waals surface area contributed by atoms with Crippen LogP contribution in [0.2, 0.25) is 0 Å². The van der Waals surface area contributed by atoms with Crippen molar-refractivity contribution in [2.24, 2.45) is 0 Å². The normalized spacial score (nSPS) is 11.6. The summed E-state index contributed by atoms with van der Waals surface area (Å²) in [6, 6.07) is 38.2. The third-order valence-electron chi connectivity index (χ3n) is 7.05. The van der Waals surface area contributed by atoms with Crippen molar-refractivity contribution in [1.82, 2.24) is 5.32 Å². The Morgan fingerprint density at radius 2 is 1.43 bits per heavy atom. The molecule has 10 heteroatoms. The summed E-state index contributed by atoms with van der Waals surface area (Å²) in [4.78, 5) is 52.1. The third-order valence-corrected chi connectivity index (χ3v) is 8.30. The Hall–Kier alpha value is -6.00. The Bertz CT molecular complexity index is 1950. The first-order valence-corrected chi connectivity index (χ1v) is 15.5.